The SMILES string of the molecule is CCCCCC(CC(=O)Nc1cc(CNC(C)=O)ccc1C(C)(C)C)c1c(OC)cccc1OC. The highest BCUT2D eigenvalue weighted by molar-refractivity contribution is 5.92. The Morgan fingerprint density at radius 2 is 1.66 bits per heavy atom. The molecule has 0 aromatic heterocycles. The molecule has 0 aliphatic heterocycles. The van der Waals surface area contributed by atoms with Crippen molar-refractivity contribution < 1.29 is 19.1 Å². The van der Waals surface area contributed by atoms with Crippen LogP contribution in [0.4, 0.5) is 5.69 Å². The Balaban J connectivity index is 2.35. The first-order valence-corrected chi connectivity index (χ1v) is 12.5. The summed E-state index contributed by atoms with van der Waals surface area (Å²) in [5.41, 5.74) is 3.56. The van der Waals surface area contributed by atoms with Gasteiger partial charge in [0.1, 0.15) is 11.5 Å². The normalized spacial score (nSPS) is 12.1. The fourth-order valence-corrected chi connectivity index (χ4v) is 4.38. The second-order valence-electron chi connectivity index (χ2n) is 10.1. The fourth-order valence-electron chi connectivity index (χ4n) is 4.38. The van der Waals surface area contributed by atoms with Gasteiger partial charge in [-0.2, -0.15) is 0 Å². The first-order valence-electron chi connectivity index (χ1n) is 12.5. The second-order valence-corrected chi connectivity index (χ2v) is 10.1. The number of hydrogen-bond acceptors (Lipinski definition) is 4. The molecule has 1 unspecified atom stereocenters. The molecular formula is C29H42N2O4. The van der Waals surface area contributed by atoms with Gasteiger partial charge in [-0.3, -0.25) is 9.59 Å². The van der Waals surface area contributed by atoms with Gasteiger partial charge < -0.3 is 20.1 Å². The van der Waals surface area contributed by atoms with E-state index < -0.39 is 0 Å². The van der Waals surface area contributed by atoms with Crippen LogP contribution >= 0.6 is 0 Å². The van der Waals surface area contributed by atoms with E-state index in [-0.39, 0.29) is 23.1 Å². The molecule has 0 bridgehead atoms. The van der Waals surface area contributed by atoms with E-state index in [1.54, 1.807) is 14.2 Å². The van der Waals surface area contributed by atoms with Crippen molar-refractivity contribution in [2.24, 2.45) is 0 Å². The summed E-state index contributed by atoms with van der Waals surface area (Å²) in [5.74, 6) is 1.31. The van der Waals surface area contributed by atoms with Crippen LogP contribution in [0, 0.1) is 0 Å². The molecule has 2 N–H and O–H groups in total. The molecule has 0 fully saturated rings. The second kappa shape index (κ2) is 13.2. The summed E-state index contributed by atoms with van der Waals surface area (Å²) >= 11 is 0. The van der Waals surface area contributed by atoms with Crippen molar-refractivity contribution in [3.8, 4) is 11.5 Å². The Bertz CT molecular complexity index is 972. The number of nitrogens with one attached hydrogen (secondary N) is 2. The molecule has 0 saturated heterocycles. The summed E-state index contributed by atoms with van der Waals surface area (Å²) < 4.78 is 11.3. The number of methoxy groups -OCH3 is 2. The number of unbranched alkanes of at least 4 members (excludes halogenated alkanes) is 2. The van der Waals surface area contributed by atoms with Crippen molar-refractivity contribution in [2.45, 2.75) is 84.6 Å². The highest BCUT2D eigenvalue weighted by atomic mass is 16.5. The van der Waals surface area contributed by atoms with Crippen LogP contribution in [0.5, 0.6) is 11.5 Å². The van der Waals surface area contributed by atoms with Crippen LogP contribution in [-0.2, 0) is 21.5 Å². The molecule has 192 valence electrons. The minimum Gasteiger partial charge on any atom is -0.496 e. The van der Waals surface area contributed by atoms with Crippen LogP contribution in [0.15, 0.2) is 36.4 Å². The van der Waals surface area contributed by atoms with Crippen LogP contribution in [0.1, 0.15) is 89.3 Å². The van der Waals surface area contributed by atoms with Gasteiger partial charge in [0.25, 0.3) is 0 Å². The Hall–Kier alpha value is -3.02. The lowest BCUT2D eigenvalue weighted by Crippen LogP contribution is -2.22. The minimum absolute atomic E-state index is 0.0340. The van der Waals surface area contributed by atoms with E-state index in [4.69, 9.17) is 9.47 Å². The summed E-state index contributed by atoms with van der Waals surface area (Å²) in [6.07, 6.45) is 4.43. The number of anilines is 1. The van der Waals surface area contributed by atoms with Gasteiger partial charge in [0, 0.05) is 31.1 Å². The Morgan fingerprint density at radius 3 is 2.20 bits per heavy atom. The Morgan fingerprint density at radius 1 is 1.00 bits per heavy atom. The molecule has 0 heterocycles. The van der Waals surface area contributed by atoms with Gasteiger partial charge in [-0.25, -0.2) is 0 Å². The monoisotopic (exact) mass is 482 g/mol. The molecule has 0 aliphatic carbocycles. The van der Waals surface area contributed by atoms with Crippen LogP contribution in [0.3, 0.4) is 0 Å². The van der Waals surface area contributed by atoms with Crippen molar-refractivity contribution in [3.63, 3.8) is 0 Å². The van der Waals surface area contributed by atoms with Gasteiger partial charge in [0.2, 0.25) is 11.8 Å². The van der Waals surface area contributed by atoms with Gasteiger partial charge >= 0.3 is 0 Å². The highest BCUT2D eigenvalue weighted by Crippen LogP contribution is 2.40. The van der Waals surface area contributed by atoms with Gasteiger partial charge in [-0.1, -0.05) is 65.2 Å². The molecular weight excluding hydrogens is 440 g/mol. The molecule has 6 heteroatoms. The zero-order chi connectivity index (χ0) is 26.0. The largest absolute Gasteiger partial charge is 0.496 e. The average molecular weight is 483 g/mol. The summed E-state index contributed by atoms with van der Waals surface area (Å²) in [5, 5.41) is 6.01. The van der Waals surface area contributed by atoms with Crippen LogP contribution in [0.2, 0.25) is 0 Å². The average Bonchev–Trinajstić information content (AvgIpc) is 2.81. The molecule has 1 atom stereocenters. The number of amides is 2. The van der Waals surface area contributed by atoms with Crippen molar-refractivity contribution in [2.75, 3.05) is 19.5 Å². The molecule has 0 aliphatic rings. The zero-order valence-corrected chi connectivity index (χ0v) is 22.4. The Labute approximate surface area is 210 Å². The van der Waals surface area contributed by atoms with Crippen molar-refractivity contribution in [3.05, 3.63) is 53.1 Å². The van der Waals surface area contributed by atoms with Crippen LogP contribution in [-0.4, -0.2) is 26.0 Å². The predicted molar refractivity (Wildman–Crippen MR) is 142 cm³/mol. The lowest BCUT2D eigenvalue weighted by molar-refractivity contribution is -0.119. The standard InChI is InChI=1S/C29H42N2O4/c1-8-9-10-12-22(28-25(34-6)13-11-14-26(28)35-7)18-27(33)31-24-17-21(19-30-20(2)32)15-16-23(24)29(3,4)5/h11,13-17,22H,8-10,12,18-19H2,1-7H3,(H,30,32)(H,31,33). The maximum atomic E-state index is 13.4. The predicted octanol–water partition coefficient (Wildman–Crippen LogP) is 6.33. The maximum Gasteiger partial charge on any atom is 0.224 e. The Kier molecular flexibility index (Phi) is 10.6. The first kappa shape index (κ1) is 28.2. The quantitative estimate of drug-likeness (QED) is 0.347. The van der Waals surface area contributed by atoms with E-state index >= 15 is 0 Å². The molecule has 0 radical (unpaired) electrons. The first-order chi connectivity index (χ1) is 16.6. The zero-order valence-electron chi connectivity index (χ0n) is 22.4. The van der Waals surface area contributed by atoms with Gasteiger partial charge in [-0.05, 0) is 47.1 Å². The highest BCUT2D eigenvalue weighted by Gasteiger charge is 2.25. The lowest BCUT2D eigenvalue weighted by Gasteiger charge is -2.25. The number of carbonyl (C=O) groups is 2. The van der Waals surface area contributed by atoms with Gasteiger partial charge in [0.05, 0.1) is 14.2 Å². The smallest absolute Gasteiger partial charge is 0.224 e. The summed E-state index contributed by atoms with van der Waals surface area (Å²) in [7, 11) is 3.30. The summed E-state index contributed by atoms with van der Waals surface area (Å²) in [6, 6.07) is 11.7. The molecule has 6 nitrogen and oxygen atoms in total. The summed E-state index contributed by atoms with van der Waals surface area (Å²) in [4.78, 5) is 24.8. The van der Waals surface area contributed by atoms with Gasteiger partial charge in [-0.15, -0.1) is 0 Å². The molecule has 2 aromatic rings. The summed E-state index contributed by atoms with van der Waals surface area (Å²) in [6.45, 7) is 10.5. The lowest BCUT2D eigenvalue weighted by atomic mass is 9.84. The fraction of sp³-hybridized carbons (Fsp3) is 0.517. The van der Waals surface area contributed by atoms with E-state index in [2.05, 4.69) is 38.3 Å². The maximum absolute atomic E-state index is 13.4. The molecule has 2 aromatic carbocycles. The number of rotatable bonds is 12. The van der Waals surface area contributed by atoms with Crippen molar-refractivity contribution in [1.29, 1.82) is 0 Å². The van der Waals surface area contributed by atoms with E-state index in [0.717, 1.165) is 59.6 Å². The van der Waals surface area contributed by atoms with Crippen molar-refractivity contribution >= 4 is 17.5 Å². The molecule has 35 heavy (non-hydrogen) atoms. The minimum atomic E-state index is -0.151. The van der Waals surface area contributed by atoms with E-state index in [0.29, 0.717) is 13.0 Å². The number of hydrogen-bond donors (Lipinski definition) is 2. The molecule has 0 saturated carbocycles. The molecule has 2 amide bonds. The van der Waals surface area contributed by atoms with E-state index in [9.17, 15) is 9.59 Å². The molecule has 0 spiro atoms. The van der Waals surface area contributed by atoms with Crippen molar-refractivity contribution in [1.82, 2.24) is 5.32 Å². The number of carbonyl (C=O) groups excluding carboxylic acids is 2. The number of benzene rings is 2. The third-order valence-electron chi connectivity index (χ3n) is 6.17. The van der Waals surface area contributed by atoms with E-state index in [1.165, 1.54) is 6.92 Å². The van der Waals surface area contributed by atoms with Crippen LogP contribution < -0.4 is 20.1 Å². The number of ether oxygens (including phenoxy) is 2. The molecule has 2 rings (SSSR count). The van der Waals surface area contributed by atoms with Gasteiger partial charge in [0.15, 0.2) is 0 Å². The third kappa shape index (κ3) is 8.30. The van der Waals surface area contributed by atoms with E-state index in [1.807, 2.05) is 36.4 Å². The third-order valence-corrected chi connectivity index (χ3v) is 6.17. The van der Waals surface area contributed by atoms with Crippen LogP contribution in [0.25, 0.3) is 0 Å². The topological polar surface area (TPSA) is 76.7 Å².